The maximum atomic E-state index is 12.0. The number of imide groups is 1. The van der Waals surface area contributed by atoms with Gasteiger partial charge in [-0.1, -0.05) is 23.9 Å². The number of carbonyl (C=O) groups excluding carboxylic acids is 2. The van der Waals surface area contributed by atoms with E-state index in [4.69, 9.17) is 4.74 Å². The quantitative estimate of drug-likeness (QED) is 0.783. The lowest BCUT2D eigenvalue weighted by Gasteiger charge is -2.12. The third-order valence-corrected chi connectivity index (χ3v) is 4.34. The largest absolute Gasteiger partial charge is 0.383 e. The first-order chi connectivity index (χ1) is 11.1. The zero-order valence-electron chi connectivity index (χ0n) is 13.3. The van der Waals surface area contributed by atoms with Crippen molar-refractivity contribution in [2.45, 2.75) is 23.9 Å². The molecule has 3 amide bonds. The van der Waals surface area contributed by atoms with Crippen LogP contribution in [-0.4, -0.2) is 47.5 Å². The lowest BCUT2D eigenvalue weighted by molar-refractivity contribution is -0.119. The molecule has 8 heteroatoms. The number of ether oxygens (including phenoxy) is 1. The molecule has 2 rings (SSSR count). The summed E-state index contributed by atoms with van der Waals surface area (Å²) < 4.78 is 7.17. The molecule has 2 N–H and O–H groups in total. The molecule has 0 radical (unpaired) electrons. The van der Waals surface area contributed by atoms with Gasteiger partial charge in [-0.05, 0) is 19.1 Å². The predicted octanol–water partition coefficient (Wildman–Crippen LogP) is 1.62. The minimum Gasteiger partial charge on any atom is -0.383 e. The molecule has 0 unspecified atom stereocenters. The molecule has 0 saturated carbocycles. The van der Waals surface area contributed by atoms with E-state index in [9.17, 15) is 9.59 Å². The summed E-state index contributed by atoms with van der Waals surface area (Å²) in [5.41, 5.74) is 1.86. The van der Waals surface area contributed by atoms with Crippen molar-refractivity contribution in [1.82, 2.24) is 20.2 Å². The van der Waals surface area contributed by atoms with Crippen molar-refractivity contribution >= 4 is 34.7 Å². The lowest BCUT2D eigenvalue weighted by atomic mass is 10.3. The van der Waals surface area contributed by atoms with Gasteiger partial charge in [0.1, 0.15) is 0 Å². The predicted molar refractivity (Wildman–Crippen MR) is 89.5 cm³/mol. The molecule has 124 valence electrons. The Bertz CT molecular complexity index is 701. The molecule has 7 nitrogen and oxygen atoms in total. The van der Waals surface area contributed by atoms with E-state index in [1.807, 2.05) is 28.8 Å². The maximum absolute atomic E-state index is 12.0. The minimum atomic E-state index is -0.518. The first kappa shape index (κ1) is 17.3. The number of para-hydroxylation sites is 2. The summed E-state index contributed by atoms with van der Waals surface area (Å²) in [7, 11) is 3.11. The van der Waals surface area contributed by atoms with E-state index in [1.165, 1.54) is 18.8 Å². The summed E-state index contributed by atoms with van der Waals surface area (Å²) >= 11 is 1.31. The highest BCUT2D eigenvalue weighted by molar-refractivity contribution is 8.00. The SMILES string of the molecule is CNC(=O)NC(=O)[C@H](C)Sc1nc2ccccc2n1CCOC. The molecular formula is C15H20N4O3S. The fourth-order valence-electron chi connectivity index (χ4n) is 2.03. The van der Waals surface area contributed by atoms with E-state index in [2.05, 4.69) is 15.6 Å². The number of aromatic nitrogens is 2. The van der Waals surface area contributed by atoms with E-state index in [0.29, 0.717) is 13.2 Å². The van der Waals surface area contributed by atoms with E-state index in [-0.39, 0.29) is 5.91 Å². The number of rotatable bonds is 6. The molecule has 23 heavy (non-hydrogen) atoms. The molecule has 0 aliphatic carbocycles. The molecule has 0 spiro atoms. The molecule has 0 aliphatic rings. The van der Waals surface area contributed by atoms with Crippen LogP contribution in [0.15, 0.2) is 29.4 Å². The third-order valence-electron chi connectivity index (χ3n) is 3.25. The molecule has 0 saturated heterocycles. The number of carbonyl (C=O) groups is 2. The number of fused-ring (bicyclic) bond motifs is 1. The molecule has 0 bridgehead atoms. The first-order valence-corrected chi connectivity index (χ1v) is 8.08. The average molecular weight is 336 g/mol. The average Bonchev–Trinajstić information content (AvgIpc) is 2.89. The summed E-state index contributed by atoms with van der Waals surface area (Å²) in [4.78, 5) is 27.8. The van der Waals surface area contributed by atoms with Crippen LogP contribution in [0.25, 0.3) is 11.0 Å². The summed E-state index contributed by atoms with van der Waals surface area (Å²) in [6.45, 7) is 2.93. The molecule has 1 heterocycles. The van der Waals surface area contributed by atoms with Crippen LogP contribution < -0.4 is 10.6 Å². The number of hydrogen-bond acceptors (Lipinski definition) is 5. The summed E-state index contributed by atoms with van der Waals surface area (Å²) in [5, 5.41) is 4.90. The van der Waals surface area contributed by atoms with Crippen LogP contribution in [0.2, 0.25) is 0 Å². The van der Waals surface area contributed by atoms with Crippen LogP contribution in [-0.2, 0) is 16.1 Å². The molecule has 2 aromatic rings. The molecule has 1 aromatic heterocycles. The molecule has 1 atom stereocenters. The number of benzene rings is 1. The third kappa shape index (κ3) is 4.23. The number of amides is 3. The van der Waals surface area contributed by atoms with Crippen LogP contribution in [0.1, 0.15) is 6.92 Å². The van der Waals surface area contributed by atoms with Gasteiger partial charge in [0, 0.05) is 20.7 Å². The van der Waals surface area contributed by atoms with Crippen molar-refractivity contribution in [3.63, 3.8) is 0 Å². The molecule has 0 fully saturated rings. The number of imidazole rings is 1. The Labute approximate surface area is 138 Å². The van der Waals surface area contributed by atoms with Gasteiger partial charge in [0.15, 0.2) is 5.16 Å². The highest BCUT2D eigenvalue weighted by atomic mass is 32.2. The van der Waals surface area contributed by atoms with Crippen molar-refractivity contribution in [1.29, 1.82) is 0 Å². The monoisotopic (exact) mass is 336 g/mol. The Balaban J connectivity index is 2.21. The Morgan fingerprint density at radius 2 is 2.13 bits per heavy atom. The fraction of sp³-hybridized carbons (Fsp3) is 0.400. The first-order valence-electron chi connectivity index (χ1n) is 7.20. The summed E-state index contributed by atoms with van der Waals surface area (Å²) in [6.07, 6.45) is 0. The zero-order chi connectivity index (χ0) is 16.8. The fourth-order valence-corrected chi connectivity index (χ4v) is 2.98. The molecule has 1 aromatic carbocycles. The second kappa shape index (κ2) is 7.98. The van der Waals surface area contributed by atoms with E-state index in [0.717, 1.165) is 16.2 Å². The van der Waals surface area contributed by atoms with Gasteiger partial charge >= 0.3 is 6.03 Å². The van der Waals surface area contributed by atoms with E-state index >= 15 is 0 Å². The normalized spacial score (nSPS) is 12.1. The van der Waals surface area contributed by atoms with Crippen molar-refractivity contribution in [3.05, 3.63) is 24.3 Å². The number of nitrogens with one attached hydrogen (secondary N) is 2. The van der Waals surface area contributed by atoms with E-state index in [1.54, 1.807) is 14.0 Å². The number of thioether (sulfide) groups is 1. The van der Waals surface area contributed by atoms with Gasteiger partial charge in [-0.3, -0.25) is 10.1 Å². The Morgan fingerprint density at radius 3 is 2.83 bits per heavy atom. The van der Waals surface area contributed by atoms with Gasteiger partial charge in [0.05, 0.1) is 22.9 Å². The van der Waals surface area contributed by atoms with Crippen LogP contribution in [0.3, 0.4) is 0 Å². The van der Waals surface area contributed by atoms with Crippen LogP contribution in [0.5, 0.6) is 0 Å². The Hall–Kier alpha value is -2.06. The summed E-state index contributed by atoms with van der Waals surface area (Å²) in [6, 6.07) is 7.26. The Morgan fingerprint density at radius 1 is 1.39 bits per heavy atom. The number of methoxy groups -OCH3 is 1. The highest BCUT2D eigenvalue weighted by Gasteiger charge is 2.20. The van der Waals surface area contributed by atoms with Crippen LogP contribution >= 0.6 is 11.8 Å². The second-order valence-electron chi connectivity index (χ2n) is 4.86. The zero-order valence-corrected chi connectivity index (χ0v) is 14.1. The maximum Gasteiger partial charge on any atom is 0.321 e. The van der Waals surface area contributed by atoms with Gasteiger partial charge in [-0.15, -0.1) is 0 Å². The number of urea groups is 1. The minimum absolute atomic E-state index is 0.361. The number of hydrogen-bond donors (Lipinski definition) is 2. The van der Waals surface area contributed by atoms with Gasteiger partial charge < -0.3 is 14.6 Å². The van der Waals surface area contributed by atoms with Gasteiger partial charge in [-0.2, -0.15) is 0 Å². The topological polar surface area (TPSA) is 85.3 Å². The van der Waals surface area contributed by atoms with Gasteiger partial charge in [0.25, 0.3) is 0 Å². The standard InChI is InChI=1S/C15H20N4O3S/c1-10(13(20)18-14(21)16-2)23-15-17-11-6-4-5-7-12(11)19(15)8-9-22-3/h4-7,10H,8-9H2,1-3H3,(H2,16,18,20,21)/t10-/m0/s1. The van der Waals surface area contributed by atoms with Crippen molar-refractivity contribution in [2.75, 3.05) is 20.8 Å². The van der Waals surface area contributed by atoms with Gasteiger partial charge in [-0.25, -0.2) is 9.78 Å². The smallest absolute Gasteiger partial charge is 0.321 e. The molecule has 0 aliphatic heterocycles. The lowest BCUT2D eigenvalue weighted by Crippen LogP contribution is -2.41. The highest BCUT2D eigenvalue weighted by Crippen LogP contribution is 2.27. The second-order valence-corrected chi connectivity index (χ2v) is 6.16. The van der Waals surface area contributed by atoms with Crippen molar-refractivity contribution in [2.24, 2.45) is 0 Å². The van der Waals surface area contributed by atoms with Crippen molar-refractivity contribution in [3.8, 4) is 0 Å². The number of nitrogens with zero attached hydrogens (tertiary/aromatic N) is 2. The van der Waals surface area contributed by atoms with E-state index < -0.39 is 11.3 Å². The Kier molecular flexibility index (Phi) is 6.00. The van der Waals surface area contributed by atoms with Crippen molar-refractivity contribution < 1.29 is 14.3 Å². The summed E-state index contributed by atoms with van der Waals surface area (Å²) in [5.74, 6) is -0.361. The molecular weight excluding hydrogens is 316 g/mol. The van der Waals surface area contributed by atoms with Crippen LogP contribution in [0.4, 0.5) is 4.79 Å². The van der Waals surface area contributed by atoms with Gasteiger partial charge in [0.2, 0.25) is 5.91 Å². The van der Waals surface area contributed by atoms with Crippen LogP contribution in [0, 0.1) is 0 Å².